The normalized spacial score (nSPS) is 10.7. The summed E-state index contributed by atoms with van der Waals surface area (Å²) in [6, 6.07) is 0. The summed E-state index contributed by atoms with van der Waals surface area (Å²) in [4.78, 5) is 10.5. The number of carbonyl (C=O) groups excluding carboxylic acids is 1. The highest BCUT2D eigenvalue weighted by Crippen LogP contribution is 2.08. The van der Waals surface area contributed by atoms with Gasteiger partial charge in [0.2, 0.25) is 0 Å². The van der Waals surface area contributed by atoms with Crippen LogP contribution in [0.2, 0.25) is 0 Å². The summed E-state index contributed by atoms with van der Waals surface area (Å²) in [6.45, 7) is 5.12. The van der Waals surface area contributed by atoms with Gasteiger partial charge in [-0.15, -0.1) is 0 Å². The zero-order valence-corrected chi connectivity index (χ0v) is 10.7. The van der Waals surface area contributed by atoms with Gasteiger partial charge in [0.05, 0.1) is 6.61 Å². The molecule has 3 heteroatoms. The predicted octanol–water partition coefficient (Wildman–Crippen LogP) is 4.32. The van der Waals surface area contributed by atoms with Crippen molar-refractivity contribution in [2.24, 2.45) is 0 Å². The Bertz CT molecular complexity index is 247. The first kappa shape index (κ1) is 15.9. The quantitative estimate of drug-likeness (QED) is 0.324. The fourth-order valence-electron chi connectivity index (χ4n) is 1.50. The molecule has 0 spiro atoms. The van der Waals surface area contributed by atoms with Gasteiger partial charge in [-0.2, -0.15) is 0 Å². The molecule has 0 unspecified atom stereocenters. The lowest BCUT2D eigenvalue weighted by atomic mass is 10.1. The largest absolute Gasteiger partial charge is 0.466 e. The van der Waals surface area contributed by atoms with Gasteiger partial charge in [-0.25, -0.2) is 4.39 Å². The van der Waals surface area contributed by atoms with Crippen LogP contribution < -0.4 is 0 Å². The van der Waals surface area contributed by atoms with E-state index in [2.05, 4.69) is 6.58 Å². The fraction of sp³-hybridized carbons (Fsp3) is 0.643. The Hall–Kier alpha value is -1.12. The van der Waals surface area contributed by atoms with Crippen LogP contribution in [-0.4, -0.2) is 12.6 Å². The fourth-order valence-corrected chi connectivity index (χ4v) is 1.50. The number of hydrogen-bond donors (Lipinski definition) is 0. The zero-order chi connectivity index (χ0) is 12.9. The second-order valence-corrected chi connectivity index (χ2v) is 4.10. The molecule has 0 saturated heterocycles. The first-order valence-corrected chi connectivity index (χ1v) is 6.27. The molecule has 17 heavy (non-hydrogen) atoms. The summed E-state index contributed by atoms with van der Waals surface area (Å²) in [5.74, 6) is -0.582. The minimum Gasteiger partial charge on any atom is -0.466 e. The highest BCUT2D eigenvalue weighted by Gasteiger charge is 1.93. The standard InChI is InChI=1S/C14H23FO2/c1-13(15)11-9-7-5-3-4-6-8-10-12-17-14(2)16/h9,11H,1,3-8,10,12H2,2H3/b11-9+. The molecule has 2 nitrogen and oxygen atoms in total. The maximum Gasteiger partial charge on any atom is 0.302 e. The molecule has 98 valence electrons. The average Bonchev–Trinajstić information content (AvgIpc) is 2.25. The van der Waals surface area contributed by atoms with Crippen molar-refractivity contribution in [3.05, 3.63) is 24.6 Å². The number of unbranched alkanes of at least 4 members (excludes halogenated alkanes) is 6. The van der Waals surface area contributed by atoms with Crippen LogP contribution >= 0.6 is 0 Å². The van der Waals surface area contributed by atoms with E-state index in [4.69, 9.17) is 4.74 Å². The average molecular weight is 242 g/mol. The third-order valence-electron chi connectivity index (χ3n) is 2.37. The van der Waals surface area contributed by atoms with Crippen molar-refractivity contribution in [2.45, 2.75) is 51.9 Å². The van der Waals surface area contributed by atoms with E-state index in [1.165, 1.54) is 25.8 Å². The first-order chi connectivity index (χ1) is 8.13. The lowest BCUT2D eigenvalue weighted by Gasteiger charge is -2.01. The molecule has 0 aromatic rings. The Labute approximate surface area is 104 Å². The number of allylic oxidation sites excluding steroid dienone is 3. The van der Waals surface area contributed by atoms with Crippen molar-refractivity contribution in [3.63, 3.8) is 0 Å². The monoisotopic (exact) mass is 242 g/mol. The van der Waals surface area contributed by atoms with Crippen LogP contribution in [0.1, 0.15) is 51.9 Å². The highest BCUT2D eigenvalue weighted by molar-refractivity contribution is 5.65. The van der Waals surface area contributed by atoms with Gasteiger partial charge in [0.25, 0.3) is 0 Å². The number of esters is 1. The smallest absolute Gasteiger partial charge is 0.302 e. The molecule has 0 atom stereocenters. The van der Waals surface area contributed by atoms with Crippen LogP contribution in [0.15, 0.2) is 24.6 Å². The maximum absolute atomic E-state index is 12.2. The molecule has 0 aromatic carbocycles. The number of carbonyl (C=O) groups is 1. The van der Waals surface area contributed by atoms with Crippen molar-refractivity contribution < 1.29 is 13.9 Å². The molecule has 0 aliphatic carbocycles. The predicted molar refractivity (Wildman–Crippen MR) is 68.3 cm³/mol. The number of ether oxygens (including phenoxy) is 1. The summed E-state index contributed by atoms with van der Waals surface area (Å²) >= 11 is 0. The molecule has 0 aliphatic heterocycles. The molecule has 0 aromatic heterocycles. The molecule has 0 aliphatic rings. The lowest BCUT2D eigenvalue weighted by molar-refractivity contribution is -0.141. The second-order valence-electron chi connectivity index (χ2n) is 4.10. The van der Waals surface area contributed by atoms with Gasteiger partial charge in [-0.05, 0) is 25.3 Å². The molecule has 0 fully saturated rings. The highest BCUT2D eigenvalue weighted by atomic mass is 19.1. The molecule has 0 bridgehead atoms. The van der Waals surface area contributed by atoms with Gasteiger partial charge >= 0.3 is 5.97 Å². The molecule has 0 amide bonds. The van der Waals surface area contributed by atoms with E-state index in [0.717, 1.165) is 32.1 Å². The molecule has 0 radical (unpaired) electrons. The number of rotatable bonds is 10. The third kappa shape index (κ3) is 14.9. The topological polar surface area (TPSA) is 26.3 Å². The number of hydrogen-bond acceptors (Lipinski definition) is 2. The van der Waals surface area contributed by atoms with E-state index in [-0.39, 0.29) is 11.8 Å². The molecular formula is C14H23FO2. The Morgan fingerprint density at radius 1 is 1.18 bits per heavy atom. The summed E-state index contributed by atoms with van der Waals surface area (Å²) in [5.41, 5.74) is 0. The SMILES string of the molecule is C=C(F)/C=C/CCCCCCCCOC(C)=O. The van der Waals surface area contributed by atoms with Crippen molar-refractivity contribution in [1.29, 1.82) is 0 Å². The van der Waals surface area contributed by atoms with Gasteiger partial charge in [-0.1, -0.05) is 38.3 Å². The molecule has 0 saturated carbocycles. The second kappa shape index (κ2) is 11.4. The van der Waals surface area contributed by atoms with E-state index in [0.29, 0.717) is 6.61 Å². The summed E-state index contributed by atoms with van der Waals surface area (Å²) in [7, 11) is 0. The Morgan fingerprint density at radius 2 is 1.76 bits per heavy atom. The van der Waals surface area contributed by atoms with Crippen molar-refractivity contribution in [1.82, 2.24) is 0 Å². The van der Waals surface area contributed by atoms with Crippen molar-refractivity contribution >= 4 is 5.97 Å². The molecule has 0 heterocycles. The lowest BCUT2D eigenvalue weighted by Crippen LogP contribution is -1.99. The van der Waals surface area contributed by atoms with Crippen LogP contribution in [-0.2, 0) is 9.53 Å². The van der Waals surface area contributed by atoms with Gasteiger partial charge in [-0.3, -0.25) is 4.79 Å². The molecule has 0 rings (SSSR count). The van der Waals surface area contributed by atoms with Crippen LogP contribution in [0, 0.1) is 0 Å². The zero-order valence-electron chi connectivity index (χ0n) is 10.7. The third-order valence-corrected chi connectivity index (χ3v) is 2.37. The summed E-state index contributed by atoms with van der Waals surface area (Å²) in [6.07, 6.45) is 10.8. The van der Waals surface area contributed by atoms with Gasteiger partial charge in [0.1, 0.15) is 5.83 Å². The Balaban J connectivity index is 3.08. The molecule has 0 N–H and O–H groups in total. The summed E-state index contributed by atoms with van der Waals surface area (Å²) in [5, 5.41) is 0. The first-order valence-electron chi connectivity index (χ1n) is 6.27. The van der Waals surface area contributed by atoms with E-state index >= 15 is 0 Å². The summed E-state index contributed by atoms with van der Waals surface area (Å²) < 4.78 is 17.0. The van der Waals surface area contributed by atoms with Gasteiger partial charge < -0.3 is 4.74 Å². The van der Waals surface area contributed by atoms with Crippen molar-refractivity contribution in [2.75, 3.05) is 6.61 Å². The van der Waals surface area contributed by atoms with Crippen LogP contribution in [0.4, 0.5) is 4.39 Å². The Morgan fingerprint density at radius 3 is 2.35 bits per heavy atom. The van der Waals surface area contributed by atoms with E-state index in [1.54, 1.807) is 0 Å². The maximum atomic E-state index is 12.2. The van der Waals surface area contributed by atoms with Crippen LogP contribution in [0.5, 0.6) is 0 Å². The van der Waals surface area contributed by atoms with E-state index in [1.807, 2.05) is 6.08 Å². The van der Waals surface area contributed by atoms with Crippen LogP contribution in [0.3, 0.4) is 0 Å². The van der Waals surface area contributed by atoms with Crippen molar-refractivity contribution in [3.8, 4) is 0 Å². The van der Waals surface area contributed by atoms with Gasteiger partial charge in [0, 0.05) is 6.92 Å². The Kier molecular flexibility index (Phi) is 10.6. The van der Waals surface area contributed by atoms with E-state index in [9.17, 15) is 9.18 Å². The van der Waals surface area contributed by atoms with E-state index < -0.39 is 0 Å². The minimum atomic E-state index is -0.379. The number of halogens is 1. The minimum absolute atomic E-state index is 0.203. The van der Waals surface area contributed by atoms with Gasteiger partial charge in [0.15, 0.2) is 0 Å². The van der Waals surface area contributed by atoms with Crippen LogP contribution in [0.25, 0.3) is 0 Å². The molecular weight excluding hydrogens is 219 g/mol.